The third-order valence-electron chi connectivity index (χ3n) is 6.20. The van der Waals surface area contributed by atoms with Crippen molar-refractivity contribution in [2.24, 2.45) is 0 Å². The van der Waals surface area contributed by atoms with Gasteiger partial charge in [0, 0.05) is 49.7 Å². The summed E-state index contributed by atoms with van der Waals surface area (Å²) in [7, 11) is -3.52. The van der Waals surface area contributed by atoms with E-state index in [2.05, 4.69) is 14.5 Å². The van der Waals surface area contributed by atoms with E-state index < -0.39 is 20.0 Å². The van der Waals surface area contributed by atoms with Gasteiger partial charge in [-0.25, -0.2) is 8.42 Å². The maximum Gasteiger partial charge on any atom is 0.278 e. The standard InChI is InChI=1S/C25H29ClN4O6S2/c1-28-13-15-29(16-14-28)19-9-11-23(22(17-19)27-37(31,32)20-7-5-4-6-8-20)30(26)38(33,34)21-10-12-24(35-2)25(18-21)36-3/h4-12,17-18,27H,13-16H2,1-3H3. The Kier molecular flexibility index (Phi) is 8.26. The number of hydrogen-bond acceptors (Lipinski definition) is 8. The average molecular weight is 581 g/mol. The van der Waals surface area contributed by atoms with Gasteiger partial charge in [-0.2, -0.15) is 12.2 Å². The molecule has 0 saturated carbocycles. The summed E-state index contributed by atoms with van der Waals surface area (Å²) in [5, 5.41) is 0. The fraction of sp³-hybridized carbons (Fsp3) is 0.280. The molecule has 13 heteroatoms. The molecule has 3 aromatic rings. The Morgan fingerprint density at radius 3 is 2.11 bits per heavy atom. The number of piperazine rings is 1. The van der Waals surface area contributed by atoms with Crippen LogP contribution in [0.4, 0.5) is 17.1 Å². The van der Waals surface area contributed by atoms with Crippen LogP contribution in [0.25, 0.3) is 0 Å². The molecule has 4 rings (SSSR count). The minimum Gasteiger partial charge on any atom is -0.493 e. The molecule has 1 aliphatic rings. The number of hydrogen-bond donors (Lipinski definition) is 1. The summed E-state index contributed by atoms with van der Waals surface area (Å²) in [5.41, 5.74) is 0.698. The van der Waals surface area contributed by atoms with Crippen LogP contribution in [-0.2, 0) is 20.0 Å². The van der Waals surface area contributed by atoms with Crippen molar-refractivity contribution < 1.29 is 26.3 Å². The molecule has 0 atom stereocenters. The van der Waals surface area contributed by atoms with E-state index in [4.69, 9.17) is 21.3 Å². The van der Waals surface area contributed by atoms with E-state index in [-0.39, 0.29) is 26.9 Å². The molecule has 1 heterocycles. The molecule has 204 valence electrons. The molecule has 0 radical (unpaired) electrons. The molecule has 10 nitrogen and oxygen atoms in total. The molecule has 1 saturated heterocycles. The topological polar surface area (TPSA) is 108 Å². The first kappa shape index (κ1) is 27.8. The second kappa shape index (κ2) is 11.3. The lowest BCUT2D eigenvalue weighted by Crippen LogP contribution is -2.44. The fourth-order valence-corrected chi connectivity index (χ4v) is 6.59. The third kappa shape index (κ3) is 5.78. The van der Waals surface area contributed by atoms with Crippen molar-refractivity contribution >= 4 is 48.9 Å². The first-order valence-corrected chi connectivity index (χ1v) is 14.9. The van der Waals surface area contributed by atoms with Gasteiger partial charge in [0.05, 0.1) is 35.4 Å². The quantitative estimate of drug-likeness (QED) is 0.383. The second-order valence-corrected chi connectivity index (χ2v) is 12.7. The number of halogens is 1. The Balaban J connectivity index is 1.77. The minimum absolute atomic E-state index is 0.0179. The predicted molar refractivity (Wildman–Crippen MR) is 148 cm³/mol. The Morgan fingerprint density at radius 2 is 1.47 bits per heavy atom. The molecule has 1 aliphatic heterocycles. The van der Waals surface area contributed by atoms with Crippen LogP contribution >= 0.6 is 11.8 Å². The van der Waals surface area contributed by atoms with Crippen molar-refractivity contribution in [3.05, 3.63) is 66.7 Å². The summed E-state index contributed by atoms with van der Waals surface area (Å²) >= 11 is 6.46. The van der Waals surface area contributed by atoms with Gasteiger partial charge in [0.2, 0.25) is 0 Å². The number of likely N-dealkylation sites (N-methyl/N-ethyl adjacent to an activating group) is 1. The zero-order valence-electron chi connectivity index (χ0n) is 21.2. The molecule has 3 aromatic carbocycles. The van der Waals surface area contributed by atoms with Gasteiger partial charge >= 0.3 is 0 Å². The second-order valence-electron chi connectivity index (χ2n) is 8.65. The van der Waals surface area contributed by atoms with Crippen LogP contribution in [0.3, 0.4) is 0 Å². The van der Waals surface area contributed by atoms with E-state index in [0.717, 1.165) is 31.9 Å². The minimum atomic E-state index is -4.33. The normalized spacial score (nSPS) is 14.7. The number of ether oxygens (including phenoxy) is 2. The lowest BCUT2D eigenvalue weighted by molar-refractivity contribution is 0.313. The van der Waals surface area contributed by atoms with Gasteiger partial charge in [-0.3, -0.25) is 4.72 Å². The fourth-order valence-electron chi connectivity index (χ4n) is 4.02. The summed E-state index contributed by atoms with van der Waals surface area (Å²) in [4.78, 5) is 4.16. The number of rotatable bonds is 9. The van der Waals surface area contributed by atoms with E-state index in [1.807, 2.05) is 7.05 Å². The smallest absolute Gasteiger partial charge is 0.278 e. The summed E-state index contributed by atoms with van der Waals surface area (Å²) in [5.74, 6) is 0.550. The maximum atomic E-state index is 13.5. The zero-order valence-corrected chi connectivity index (χ0v) is 23.6. The lowest BCUT2D eigenvalue weighted by Gasteiger charge is -2.34. The van der Waals surface area contributed by atoms with Crippen LogP contribution in [0, 0.1) is 0 Å². The highest BCUT2D eigenvalue weighted by atomic mass is 35.5. The number of nitrogens with one attached hydrogen (secondary N) is 1. The Morgan fingerprint density at radius 1 is 0.816 bits per heavy atom. The highest BCUT2D eigenvalue weighted by molar-refractivity contribution is 7.94. The Bertz CT molecular complexity index is 1500. The van der Waals surface area contributed by atoms with Gasteiger partial charge in [-0.05, 0) is 49.5 Å². The van der Waals surface area contributed by atoms with Gasteiger partial charge in [0.15, 0.2) is 11.5 Å². The number of nitrogens with zero attached hydrogens (tertiary/aromatic N) is 3. The van der Waals surface area contributed by atoms with Gasteiger partial charge in [-0.15, -0.1) is 0 Å². The highest BCUT2D eigenvalue weighted by Gasteiger charge is 2.29. The van der Waals surface area contributed by atoms with E-state index in [1.165, 1.54) is 50.6 Å². The summed E-state index contributed by atoms with van der Waals surface area (Å²) in [6.45, 7) is 3.13. The monoisotopic (exact) mass is 580 g/mol. The molecule has 0 spiro atoms. The number of methoxy groups -OCH3 is 2. The van der Waals surface area contributed by atoms with E-state index in [9.17, 15) is 16.8 Å². The van der Waals surface area contributed by atoms with Crippen LogP contribution in [0.5, 0.6) is 11.5 Å². The van der Waals surface area contributed by atoms with Crippen molar-refractivity contribution in [2.45, 2.75) is 9.79 Å². The van der Waals surface area contributed by atoms with Gasteiger partial charge in [0.1, 0.15) is 0 Å². The third-order valence-corrected chi connectivity index (χ3v) is 9.78. The van der Waals surface area contributed by atoms with Crippen molar-refractivity contribution in [1.82, 2.24) is 4.90 Å². The van der Waals surface area contributed by atoms with Crippen molar-refractivity contribution in [1.29, 1.82) is 0 Å². The van der Waals surface area contributed by atoms with E-state index >= 15 is 0 Å². The van der Waals surface area contributed by atoms with Gasteiger partial charge in [0.25, 0.3) is 20.0 Å². The number of anilines is 3. The van der Waals surface area contributed by atoms with Crippen LogP contribution in [0.2, 0.25) is 0 Å². The molecule has 0 bridgehead atoms. The molecule has 0 aliphatic carbocycles. The summed E-state index contributed by atoms with van der Waals surface area (Å²) in [6, 6.07) is 16.7. The molecule has 0 aromatic heterocycles. The number of sulfonamides is 2. The molecule has 0 amide bonds. The Hall–Kier alpha value is -3.19. The summed E-state index contributed by atoms with van der Waals surface area (Å²) in [6.07, 6.45) is 0. The molecular weight excluding hydrogens is 552 g/mol. The van der Waals surface area contributed by atoms with Crippen LogP contribution < -0.4 is 22.9 Å². The van der Waals surface area contributed by atoms with Crippen LogP contribution in [0.1, 0.15) is 0 Å². The van der Waals surface area contributed by atoms with Crippen LogP contribution in [-0.4, -0.2) is 69.2 Å². The molecule has 1 fully saturated rings. The van der Waals surface area contributed by atoms with Gasteiger partial charge in [-0.1, -0.05) is 18.2 Å². The molecule has 1 N–H and O–H groups in total. The first-order valence-electron chi connectivity index (χ1n) is 11.7. The largest absolute Gasteiger partial charge is 0.493 e. The van der Waals surface area contributed by atoms with Crippen molar-refractivity contribution in [3.63, 3.8) is 0 Å². The van der Waals surface area contributed by atoms with Crippen molar-refractivity contribution in [2.75, 3.05) is 60.9 Å². The molecule has 0 unspecified atom stereocenters. The zero-order chi connectivity index (χ0) is 27.5. The maximum absolute atomic E-state index is 13.5. The Labute approximate surface area is 228 Å². The number of benzene rings is 3. The SMILES string of the molecule is COc1ccc(S(=O)(=O)N(Cl)c2ccc(N3CCN(C)CC3)cc2NS(=O)(=O)c2ccccc2)cc1OC. The van der Waals surface area contributed by atoms with Crippen molar-refractivity contribution in [3.8, 4) is 11.5 Å². The average Bonchev–Trinajstić information content (AvgIpc) is 2.93. The van der Waals surface area contributed by atoms with E-state index in [0.29, 0.717) is 9.57 Å². The highest BCUT2D eigenvalue weighted by Crippen LogP contribution is 2.38. The summed E-state index contributed by atoms with van der Waals surface area (Å²) < 4.78 is 66.9. The predicted octanol–water partition coefficient (Wildman–Crippen LogP) is 3.61. The first-order chi connectivity index (χ1) is 18.1. The van der Waals surface area contributed by atoms with Gasteiger partial charge < -0.3 is 19.3 Å². The van der Waals surface area contributed by atoms with E-state index in [1.54, 1.807) is 30.3 Å². The van der Waals surface area contributed by atoms with Crippen LogP contribution in [0.15, 0.2) is 76.5 Å². The molecular formula is C25H29ClN4O6S2. The lowest BCUT2D eigenvalue weighted by atomic mass is 10.2. The molecule has 38 heavy (non-hydrogen) atoms.